The molecule has 2 N–H and O–H groups in total. The largest absolute Gasteiger partial charge is 0.339 e. The van der Waals surface area contributed by atoms with E-state index in [0.717, 1.165) is 5.57 Å². The van der Waals surface area contributed by atoms with Crippen LogP contribution in [0.1, 0.15) is 50.4 Å². The van der Waals surface area contributed by atoms with E-state index in [1.54, 1.807) is 36.1 Å². The van der Waals surface area contributed by atoms with Crippen molar-refractivity contribution >= 4 is 29.4 Å². The summed E-state index contributed by atoms with van der Waals surface area (Å²) in [4.78, 5) is 52.6. The molecular formula is C23H30N4O4. The molecule has 2 saturated heterocycles. The summed E-state index contributed by atoms with van der Waals surface area (Å²) < 4.78 is 0. The van der Waals surface area contributed by atoms with Gasteiger partial charge in [0.05, 0.1) is 6.54 Å². The number of rotatable bonds is 6. The molecule has 1 atom stereocenters. The summed E-state index contributed by atoms with van der Waals surface area (Å²) >= 11 is 0. The monoisotopic (exact) mass is 426 g/mol. The normalized spacial score (nSPS) is 21.8. The van der Waals surface area contributed by atoms with E-state index in [1.165, 1.54) is 11.8 Å². The van der Waals surface area contributed by atoms with Crippen molar-refractivity contribution in [3.05, 3.63) is 42.0 Å². The van der Waals surface area contributed by atoms with E-state index < -0.39 is 5.54 Å². The first-order valence-corrected chi connectivity index (χ1v) is 10.6. The van der Waals surface area contributed by atoms with E-state index in [-0.39, 0.29) is 36.2 Å². The van der Waals surface area contributed by atoms with E-state index >= 15 is 0 Å². The van der Waals surface area contributed by atoms with Crippen molar-refractivity contribution in [3.8, 4) is 0 Å². The molecule has 8 nitrogen and oxygen atoms in total. The third-order valence-electron chi connectivity index (χ3n) is 6.12. The number of carbonyl (C=O) groups is 4. The highest BCUT2D eigenvalue weighted by molar-refractivity contribution is 6.07. The molecule has 5 amide bonds. The summed E-state index contributed by atoms with van der Waals surface area (Å²) in [7, 11) is 0. The van der Waals surface area contributed by atoms with Crippen LogP contribution in [0.4, 0.5) is 10.5 Å². The Kier molecular flexibility index (Phi) is 6.48. The first-order valence-electron chi connectivity index (χ1n) is 10.6. The smallest absolute Gasteiger partial charge is 0.325 e. The lowest BCUT2D eigenvalue weighted by molar-refractivity contribution is -0.133. The number of likely N-dealkylation sites (tertiary alicyclic amines) is 1. The Bertz CT molecular complexity index is 903. The van der Waals surface area contributed by atoms with Crippen molar-refractivity contribution in [1.29, 1.82) is 0 Å². The van der Waals surface area contributed by atoms with E-state index in [2.05, 4.69) is 17.2 Å². The van der Waals surface area contributed by atoms with Crippen LogP contribution in [0.25, 0.3) is 0 Å². The number of piperidine rings is 1. The zero-order chi connectivity index (χ0) is 22.8. The van der Waals surface area contributed by atoms with E-state index in [9.17, 15) is 19.2 Å². The molecule has 2 aliphatic heterocycles. The van der Waals surface area contributed by atoms with Gasteiger partial charge in [-0.25, -0.2) is 4.79 Å². The van der Waals surface area contributed by atoms with Gasteiger partial charge in [-0.3, -0.25) is 19.3 Å². The van der Waals surface area contributed by atoms with Gasteiger partial charge in [0.25, 0.3) is 11.8 Å². The maximum absolute atomic E-state index is 13.1. The molecule has 0 aliphatic carbocycles. The summed E-state index contributed by atoms with van der Waals surface area (Å²) in [5.74, 6) is -0.470. The predicted octanol–water partition coefficient (Wildman–Crippen LogP) is 2.77. The van der Waals surface area contributed by atoms with Gasteiger partial charge in [0.15, 0.2) is 0 Å². The number of hydrogen-bond donors (Lipinski definition) is 2. The summed E-state index contributed by atoms with van der Waals surface area (Å²) in [5, 5.41) is 5.63. The van der Waals surface area contributed by atoms with Gasteiger partial charge in [0, 0.05) is 31.3 Å². The number of amides is 5. The van der Waals surface area contributed by atoms with Crippen LogP contribution >= 0.6 is 0 Å². The fraction of sp³-hybridized carbons (Fsp3) is 0.478. The van der Waals surface area contributed by atoms with Gasteiger partial charge in [-0.2, -0.15) is 0 Å². The molecule has 0 aromatic heterocycles. The minimum Gasteiger partial charge on any atom is -0.339 e. The topological polar surface area (TPSA) is 98.8 Å². The lowest BCUT2D eigenvalue weighted by Crippen LogP contribution is -2.56. The Morgan fingerprint density at radius 1 is 1.16 bits per heavy atom. The second-order valence-electron chi connectivity index (χ2n) is 8.43. The third kappa shape index (κ3) is 4.47. The standard InChI is InChI=1S/C23H30N4O4/c1-5-23(21(30)27(14-15(2)3)22(31)25-23)18-10-12-26(13-11-18)20(29)17-6-8-19(9-7-17)24-16(4)28/h6-9,18H,2,5,10-14H2,1,3-4H3,(H,24,28)(H,25,31)/t23-/m1/s1. The fourth-order valence-corrected chi connectivity index (χ4v) is 4.52. The average molecular weight is 427 g/mol. The van der Waals surface area contributed by atoms with Crippen LogP contribution in [0.5, 0.6) is 0 Å². The molecule has 0 bridgehead atoms. The quantitative estimate of drug-likeness (QED) is 0.540. The molecule has 3 rings (SSSR count). The van der Waals surface area contributed by atoms with Gasteiger partial charge in [0.1, 0.15) is 5.54 Å². The first-order chi connectivity index (χ1) is 14.7. The second-order valence-corrected chi connectivity index (χ2v) is 8.43. The van der Waals surface area contributed by atoms with Gasteiger partial charge >= 0.3 is 6.03 Å². The number of carbonyl (C=O) groups excluding carboxylic acids is 4. The number of urea groups is 1. The highest BCUT2D eigenvalue weighted by Crippen LogP contribution is 2.36. The van der Waals surface area contributed by atoms with Gasteiger partial charge in [-0.05, 0) is 56.4 Å². The summed E-state index contributed by atoms with van der Waals surface area (Å²) in [6.07, 6.45) is 1.78. The molecule has 8 heteroatoms. The SMILES string of the molecule is C=C(C)CN1C(=O)N[C@](CC)(C2CCN(C(=O)c3ccc(NC(C)=O)cc3)CC2)C1=O. The molecular weight excluding hydrogens is 396 g/mol. The van der Waals surface area contributed by atoms with Crippen LogP contribution in [-0.2, 0) is 9.59 Å². The number of nitrogens with zero attached hydrogens (tertiary/aromatic N) is 2. The van der Waals surface area contributed by atoms with Gasteiger partial charge in [-0.1, -0.05) is 19.1 Å². The van der Waals surface area contributed by atoms with Crippen LogP contribution in [-0.4, -0.2) is 58.7 Å². The van der Waals surface area contributed by atoms with Crippen LogP contribution in [0, 0.1) is 5.92 Å². The lowest BCUT2D eigenvalue weighted by Gasteiger charge is -2.40. The Morgan fingerprint density at radius 2 is 1.77 bits per heavy atom. The zero-order valence-electron chi connectivity index (χ0n) is 18.4. The minimum absolute atomic E-state index is 0.0322. The number of benzene rings is 1. The number of hydrogen-bond acceptors (Lipinski definition) is 4. The maximum atomic E-state index is 13.1. The molecule has 0 saturated carbocycles. The van der Waals surface area contributed by atoms with Crippen LogP contribution in [0.2, 0.25) is 0 Å². The Labute approximate surface area is 182 Å². The minimum atomic E-state index is -0.915. The molecule has 1 aromatic rings. The highest BCUT2D eigenvalue weighted by Gasteiger charge is 2.54. The molecule has 2 fully saturated rings. The van der Waals surface area contributed by atoms with Gasteiger partial charge in [-0.15, -0.1) is 0 Å². The zero-order valence-corrected chi connectivity index (χ0v) is 18.4. The Morgan fingerprint density at radius 3 is 2.29 bits per heavy atom. The molecule has 2 aliphatic rings. The second kappa shape index (κ2) is 8.91. The van der Waals surface area contributed by atoms with Gasteiger partial charge < -0.3 is 15.5 Å². The Balaban J connectivity index is 1.66. The van der Waals surface area contributed by atoms with E-state index in [0.29, 0.717) is 43.6 Å². The summed E-state index contributed by atoms with van der Waals surface area (Å²) in [6, 6.07) is 6.44. The maximum Gasteiger partial charge on any atom is 0.325 e. The van der Waals surface area contributed by atoms with Crippen molar-refractivity contribution in [2.45, 2.75) is 45.6 Å². The molecule has 1 aromatic carbocycles. The third-order valence-corrected chi connectivity index (χ3v) is 6.12. The van der Waals surface area contributed by atoms with E-state index in [4.69, 9.17) is 0 Å². The molecule has 31 heavy (non-hydrogen) atoms. The first kappa shape index (κ1) is 22.5. The van der Waals surface area contributed by atoms with Crippen molar-refractivity contribution in [2.24, 2.45) is 5.92 Å². The highest BCUT2D eigenvalue weighted by atomic mass is 16.2. The fourth-order valence-electron chi connectivity index (χ4n) is 4.52. The van der Waals surface area contributed by atoms with Crippen molar-refractivity contribution in [1.82, 2.24) is 15.1 Å². The predicted molar refractivity (Wildman–Crippen MR) is 117 cm³/mol. The van der Waals surface area contributed by atoms with Crippen molar-refractivity contribution in [2.75, 3.05) is 25.0 Å². The Hall–Kier alpha value is -3.16. The van der Waals surface area contributed by atoms with Crippen molar-refractivity contribution < 1.29 is 19.2 Å². The number of anilines is 1. The van der Waals surface area contributed by atoms with Crippen LogP contribution < -0.4 is 10.6 Å². The van der Waals surface area contributed by atoms with Crippen molar-refractivity contribution in [3.63, 3.8) is 0 Å². The van der Waals surface area contributed by atoms with Gasteiger partial charge in [0.2, 0.25) is 5.91 Å². The van der Waals surface area contributed by atoms with E-state index in [1.807, 2.05) is 6.92 Å². The average Bonchev–Trinajstić information content (AvgIpc) is 2.98. The molecule has 166 valence electrons. The number of nitrogens with one attached hydrogen (secondary N) is 2. The molecule has 0 unspecified atom stereocenters. The molecule has 0 spiro atoms. The van der Waals surface area contributed by atoms with Crippen LogP contribution in [0.3, 0.4) is 0 Å². The lowest BCUT2D eigenvalue weighted by atomic mass is 9.75. The molecule has 0 radical (unpaired) electrons. The summed E-state index contributed by atoms with van der Waals surface area (Å²) in [6.45, 7) is 10.2. The van der Waals surface area contributed by atoms with Crippen LogP contribution in [0.15, 0.2) is 36.4 Å². The number of imide groups is 1. The molecule has 2 heterocycles. The summed E-state index contributed by atoms with van der Waals surface area (Å²) in [5.41, 5.74) is 1.03.